The van der Waals surface area contributed by atoms with Gasteiger partial charge in [-0.3, -0.25) is 4.79 Å². The number of amides is 1. The van der Waals surface area contributed by atoms with Gasteiger partial charge in [0, 0.05) is 18.5 Å². The van der Waals surface area contributed by atoms with E-state index in [-0.39, 0.29) is 6.08 Å². The van der Waals surface area contributed by atoms with Crippen molar-refractivity contribution in [2.75, 3.05) is 6.61 Å². The predicted octanol–water partition coefficient (Wildman–Crippen LogP) is 1.68. The van der Waals surface area contributed by atoms with Crippen molar-refractivity contribution in [1.82, 2.24) is 5.32 Å². The van der Waals surface area contributed by atoms with Crippen molar-refractivity contribution in [3.63, 3.8) is 0 Å². The van der Waals surface area contributed by atoms with Crippen LogP contribution in [0.4, 0.5) is 30.7 Å². The molecular weight excluding hydrogens is 447 g/mol. The summed E-state index contributed by atoms with van der Waals surface area (Å²) in [6, 6.07) is -1.01. The molecule has 0 spiro atoms. The molecule has 1 amide bonds. The van der Waals surface area contributed by atoms with E-state index in [9.17, 15) is 53.3 Å². The zero-order valence-corrected chi connectivity index (χ0v) is 15.5. The molecule has 1 atom stereocenters. The predicted molar refractivity (Wildman–Crippen MR) is 78.5 cm³/mol. The maximum absolute atomic E-state index is 13.4. The quantitative estimate of drug-likeness (QED) is 0.172. The van der Waals surface area contributed by atoms with Crippen LogP contribution >= 0.6 is 0 Å². The lowest BCUT2D eigenvalue weighted by atomic mass is 10.2. The second kappa shape index (κ2) is 8.83. The summed E-state index contributed by atoms with van der Waals surface area (Å²) >= 11 is 0. The van der Waals surface area contributed by atoms with Gasteiger partial charge in [0.2, 0.25) is 0 Å². The number of carbonyl (C=O) groups is 2. The molecule has 0 aliphatic carbocycles. The van der Waals surface area contributed by atoms with Crippen molar-refractivity contribution in [3.05, 3.63) is 12.7 Å². The summed E-state index contributed by atoms with van der Waals surface area (Å²) in [6.45, 7) is 3.04. The van der Waals surface area contributed by atoms with Crippen LogP contribution in [-0.2, 0) is 29.2 Å². The molecule has 0 aliphatic heterocycles. The first kappa shape index (κ1) is 27.1. The molecule has 0 radical (unpaired) electrons. The largest absolute Gasteiger partial charge is 0.743 e. The Labute approximate surface area is 159 Å². The Kier molecular flexibility index (Phi) is 8.24. The van der Waals surface area contributed by atoms with E-state index in [0.29, 0.717) is 0 Å². The monoisotopic (exact) mass is 462 g/mol. The zero-order valence-electron chi connectivity index (χ0n) is 14.7. The SMILES string of the molecule is C=CC(=O)OC(OCCC(F)(F)C(F)(F)S(=O)(=O)[O-])(C(=O)NC(C)C)C(F)(F)F. The fourth-order valence-corrected chi connectivity index (χ4v) is 2.07. The Bertz CT molecular complexity index is 736. The third kappa shape index (κ3) is 6.02. The molecule has 0 aliphatic rings. The van der Waals surface area contributed by atoms with Gasteiger partial charge >= 0.3 is 35.0 Å². The van der Waals surface area contributed by atoms with Crippen LogP contribution in [0.5, 0.6) is 0 Å². The minimum absolute atomic E-state index is 0.166. The molecule has 0 bridgehead atoms. The van der Waals surface area contributed by atoms with Crippen molar-refractivity contribution in [1.29, 1.82) is 0 Å². The minimum Gasteiger partial charge on any atom is -0.743 e. The molecule has 1 N–H and O–H groups in total. The highest BCUT2D eigenvalue weighted by molar-refractivity contribution is 7.86. The Balaban J connectivity index is 5.93. The van der Waals surface area contributed by atoms with Crippen LogP contribution in [0.2, 0.25) is 0 Å². The van der Waals surface area contributed by atoms with Gasteiger partial charge in [-0.1, -0.05) is 6.58 Å². The normalized spacial score (nSPS) is 15.6. The summed E-state index contributed by atoms with van der Waals surface area (Å²) in [5.41, 5.74) is 0. The van der Waals surface area contributed by atoms with E-state index in [1.54, 1.807) is 5.32 Å². The molecule has 1 unspecified atom stereocenters. The number of carbonyl (C=O) groups excluding carboxylic acids is 2. The number of hydrogen-bond acceptors (Lipinski definition) is 7. The van der Waals surface area contributed by atoms with Crippen LogP contribution in [0.3, 0.4) is 0 Å². The van der Waals surface area contributed by atoms with Gasteiger partial charge in [0.05, 0.1) is 6.61 Å². The minimum atomic E-state index is -6.90. The molecule has 0 aromatic heterocycles. The Hall–Kier alpha value is -1.94. The van der Waals surface area contributed by atoms with Crippen molar-refractivity contribution < 1.29 is 62.8 Å². The molecule has 8 nitrogen and oxygen atoms in total. The zero-order chi connectivity index (χ0) is 23.5. The highest BCUT2D eigenvalue weighted by Gasteiger charge is 2.67. The molecule has 29 heavy (non-hydrogen) atoms. The van der Waals surface area contributed by atoms with E-state index in [1.807, 2.05) is 0 Å². The molecule has 0 saturated carbocycles. The molecule has 0 rings (SSSR count). The number of hydrogen-bond donors (Lipinski definition) is 1. The summed E-state index contributed by atoms with van der Waals surface area (Å²) in [7, 11) is -6.90. The van der Waals surface area contributed by atoms with Gasteiger partial charge in [0.15, 0.2) is 10.1 Å². The number of alkyl halides is 7. The molecule has 0 aromatic carbocycles. The highest BCUT2D eigenvalue weighted by Crippen LogP contribution is 2.42. The first-order valence-corrected chi connectivity index (χ1v) is 8.74. The number of nitrogens with one attached hydrogen (secondary N) is 1. The molecule has 0 heterocycles. The van der Waals surface area contributed by atoms with Crippen molar-refractivity contribution in [2.45, 2.75) is 49.5 Å². The summed E-state index contributed by atoms with van der Waals surface area (Å²) in [4.78, 5) is 23.2. The van der Waals surface area contributed by atoms with Gasteiger partial charge in [0.25, 0.3) is 0 Å². The molecule has 0 saturated heterocycles. The Morgan fingerprint density at radius 1 is 1.14 bits per heavy atom. The lowest BCUT2D eigenvalue weighted by Gasteiger charge is -2.34. The van der Waals surface area contributed by atoms with Crippen LogP contribution in [0.1, 0.15) is 20.3 Å². The Morgan fingerprint density at radius 2 is 1.62 bits per heavy atom. The summed E-state index contributed by atoms with van der Waals surface area (Å²) in [5.74, 6) is -14.3. The fraction of sp³-hybridized carbons (Fsp3) is 0.692. The summed E-state index contributed by atoms with van der Waals surface area (Å²) in [5, 5.41) is -4.55. The second-order valence-electron chi connectivity index (χ2n) is 5.64. The van der Waals surface area contributed by atoms with E-state index in [1.165, 1.54) is 13.8 Å². The first-order chi connectivity index (χ1) is 12.7. The maximum atomic E-state index is 13.4. The van der Waals surface area contributed by atoms with Gasteiger partial charge in [-0.15, -0.1) is 0 Å². The summed E-state index contributed by atoms with van der Waals surface area (Å²) in [6.07, 6.45) is -8.19. The standard InChI is InChI=1S/C13H16F7NO7S/c1-4-8(22)28-11(12(16,17)18,9(23)21-7(2)3)27-6-5-10(14,15)13(19,20)29(24,25)26/h4,7H,1,5-6H2,2-3H3,(H,21,23)(H,24,25,26)/p-1. The average molecular weight is 462 g/mol. The number of ether oxygens (including phenoxy) is 2. The number of halogens is 7. The van der Waals surface area contributed by atoms with Crippen LogP contribution in [-0.4, -0.2) is 60.6 Å². The highest BCUT2D eigenvalue weighted by atomic mass is 32.2. The molecular formula is C13H15F7NO7S-. The smallest absolute Gasteiger partial charge is 0.466 e. The number of rotatable bonds is 10. The molecule has 0 aromatic rings. The van der Waals surface area contributed by atoms with E-state index in [4.69, 9.17) is 0 Å². The molecule has 16 heteroatoms. The van der Waals surface area contributed by atoms with Crippen molar-refractivity contribution in [3.8, 4) is 0 Å². The maximum Gasteiger partial charge on any atom is 0.466 e. The topological polar surface area (TPSA) is 122 Å². The lowest BCUT2D eigenvalue weighted by Crippen LogP contribution is -2.62. The van der Waals surface area contributed by atoms with Gasteiger partial charge in [-0.05, 0) is 13.8 Å². The second-order valence-corrected chi connectivity index (χ2v) is 7.06. The Morgan fingerprint density at radius 3 is 1.97 bits per heavy atom. The molecule has 0 fully saturated rings. The third-order valence-corrected chi connectivity index (χ3v) is 3.89. The van der Waals surface area contributed by atoms with Crippen molar-refractivity contribution >= 4 is 22.0 Å². The fourth-order valence-electron chi connectivity index (χ4n) is 1.60. The van der Waals surface area contributed by atoms with E-state index in [0.717, 1.165) is 0 Å². The van der Waals surface area contributed by atoms with Crippen LogP contribution < -0.4 is 5.32 Å². The van der Waals surface area contributed by atoms with Gasteiger partial charge < -0.3 is 19.3 Å². The van der Waals surface area contributed by atoms with E-state index < -0.39 is 64.2 Å². The van der Waals surface area contributed by atoms with E-state index >= 15 is 0 Å². The van der Waals surface area contributed by atoms with Gasteiger partial charge in [-0.25, -0.2) is 13.2 Å². The lowest BCUT2D eigenvalue weighted by molar-refractivity contribution is -0.349. The first-order valence-electron chi connectivity index (χ1n) is 7.33. The average Bonchev–Trinajstić information content (AvgIpc) is 2.50. The number of esters is 1. The molecule has 170 valence electrons. The van der Waals surface area contributed by atoms with Gasteiger partial charge in [0.1, 0.15) is 0 Å². The van der Waals surface area contributed by atoms with Crippen LogP contribution in [0.15, 0.2) is 12.7 Å². The van der Waals surface area contributed by atoms with Crippen LogP contribution in [0, 0.1) is 0 Å². The van der Waals surface area contributed by atoms with Crippen molar-refractivity contribution in [2.24, 2.45) is 0 Å². The third-order valence-electron chi connectivity index (χ3n) is 2.96. The summed E-state index contributed by atoms with van der Waals surface area (Å²) < 4.78 is 132. The van der Waals surface area contributed by atoms with Gasteiger partial charge in [-0.2, -0.15) is 30.7 Å². The van der Waals surface area contributed by atoms with Crippen LogP contribution in [0.25, 0.3) is 0 Å². The van der Waals surface area contributed by atoms with E-state index in [2.05, 4.69) is 16.1 Å².